The number of ether oxygens (including phenoxy) is 1. The second-order valence-electron chi connectivity index (χ2n) is 3.99. The van der Waals surface area contributed by atoms with Gasteiger partial charge in [-0.15, -0.1) is 11.3 Å². The summed E-state index contributed by atoms with van der Waals surface area (Å²) in [6.07, 6.45) is 0. The first-order valence-corrected chi connectivity index (χ1v) is 8.39. The van der Waals surface area contributed by atoms with Crippen LogP contribution in [0.15, 0.2) is 40.6 Å². The zero-order chi connectivity index (χ0) is 14.6. The van der Waals surface area contributed by atoms with Gasteiger partial charge in [-0.25, -0.2) is 8.42 Å². The van der Waals surface area contributed by atoms with Crippen molar-refractivity contribution >= 4 is 27.0 Å². The largest absolute Gasteiger partial charge is 0.494 e. The maximum atomic E-state index is 12.2. The molecule has 1 aromatic carbocycles. The van der Waals surface area contributed by atoms with E-state index in [0.717, 1.165) is 4.88 Å². The topological polar surface area (TPSA) is 81.4 Å². The highest BCUT2D eigenvalue weighted by atomic mass is 32.2. The summed E-state index contributed by atoms with van der Waals surface area (Å²) in [5, 5.41) is 0. The molecule has 0 amide bonds. The minimum absolute atomic E-state index is 0.256. The fraction of sp³-hybridized carbons (Fsp3) is 0.231. The van der Waals surface area contributed by atoms with Gasteiger partial charge in [0.15, 0.2) is 0 Å². The average Bonchev–Trinajstić information content (AvgIpc) is 2.91. The van der Waals surface area contributed by atoms with Gasteiger partial charge < -0.3 is 10.5 Å². The maximum Gasteiger partial charge on any atom is 0.271 e. The van der Waals surface area contributed by atoms with Crippen LogP contribution in [0.5, 0.6) is 5.75 Å². The lowest BCUT2D eigenvalue weighted by Gasteiger charge is -2.07. The van der Waals surface area contributed by atoms with E-state index in [1.165, 1.54) is 11.3 Å². The van der Waals surface area contributed by atoms with Gasteiger partial charge in [0.05, 0.1) is 6.61 Å². The van der Waals surface area contributed by atoms with Crippen LogP contribution >= 0.6 is 11.3 Å². The first-order valence-electron chi connectivity index (χ1n) is 6.09. The summed E-state index contributed by atoms with van der Waals surface area (Å²) >= 11 is 1.17. The van der Waals surface area contributed by atoms with Gasteiger partial charge in [-0.2, -0.15) is 0 Å². The van der Waals surface area contributed by atoms with Crippen molar-refractivity contribution < 1.29 is 13.2 Å². The number of nitrogens with two attached hydrogens (primary N) is 1. The molecule has 1 aromatic heterocycles. The third-order valence-electron chi connectivity index (χ3n) is 2.52. The van der Waals surface area contributed by atoms with Gasteiger partial charge in [0.25, 0.3) is 10.0 Å². The SMILES string of the molecule is CCOc1ccc(NS(=O)(=O)c2ccc(CN)s2)cc1. The Bertz CT molecular complexity index is 663. The van der Waals surface area contributed by atoms with Gasteiger partial charge in [-0.05, 0) is 43.3 Å². The zero-order valence-electron chi connectivity index (χ0n) is 11.0. The maximum absolute atomic E-state index is 12.2. The second kappa shape index (κ2) is 6.25. The Morgan fingerprint density at radius 1 is 1.20 bits per heavy atom. The van der Waals surface area contributed by atoms with Crippen molar-refractivity contribution in [3.8, 4) is 5.75 Å². The summed E-state index contributed by atoms with van der Waals surface area (Å²) in [5.74, 6) is 0.706. The molecule has 0 unspecified atom stereocenters. The van der Waals surface area contributed by atoms with Crippen LogP contribution in [0.3, 0.4) is 0 Å². The number of nitrogens with one attached hydrogen (secondary N) is 1. The number of benzene rings is 1. The van der Waals surface area contributed by atoms with Crippen molar-refractivity contribution in [1.82, 2.24) is 0 Å². The number of sulfonamides is 1. The van der Waals surface area contributed by atoms with Crippen molar-refractivity contribution in [1.29, 1.82) is 0 Å². The van der Waals surface area contributed by atoms with Gasteiger partial charge in [-0.1, -0.05) is 0 Å². The Hall–Kier alpha value is -1.57. The molecular weight excluding hydrogens is 296 g/mol. The smallest absolute Gasteiger partial charge is 0.271 e. The van der Waals surface area contributed by atoms with Gasteiger partial charge in [0.1, 0.15) is 9.96 Å². The highest BCUT2D eigenvalue weighted by Gasteiger charge is 2.16. The molecule has 0 radical (unpaired) electrons. The highest BCUT2D eigenvalue weighted by Crippen LogP contribution is 2.24. The van der Waals surface area contributed by atoms with Crippen LogP contribution in [0.4, 0.5) is 5.69 Å². The molecule has 0 bridgehead atoms. The van der Waals surface area contributed by atoms with Gasteiger partial charge >= 0.3 is 0 Å². The molecule has 0 aliphatic carbocycles. The van der Waals surface area contributed by atoms with Crippen LogP contribution in [0.1, 0.15) is 11.8 Å². The number of hydrogen-bond donors (Lipinski definition) is 2. The first kappa shape index (κ1) is 14.8. The molecule has 108 valence electrons. The normalized spacial score (nSPS) is 11.3. The Morgan fingerprint density at radius 2 is 1.90 bits per heavy atom. The van der Waals surface area contributed by atoms with Crippen molar-refractivity contribution in [2.75, 3.05) is 11.3 Å². The van der Waals surface area contributed by atoms with E-state index in [9.17, 15) is 8.42 Å². The lowest BCUT2D eigenvalue weighted by atomic mass is 10.3. The van der Waals surface area contributed by atoms with Crippen LogP contribution in [0.2, 0.25) is 0 Å². The predicted molar refractivity (Wildman–Crippen MR) is 80.6 cm³/mol. The van der Waals surface area contributed by atoms with Gasteiger partial charge in [-0.3, -0.25) is 4.72 Å². The second-order valence-corrected chi connectivity index (χ2v) is 7.07. The molecule has 2 aromatic rings. The Labute approximate surface area is 122 Å². The van der Waals surface area contributed by atoms with Crippen LogP contribution in [-0.4, -0.2) is 15.0 Å². The summed E-state index contributed by atoms with van der Waals surface area (Å²) in [5.41, 5.74) is 5.98. The minimum Gasteiger partial charge on any atom is -0.494 e. The van der Waals surface area contributed by atoms with E-state index < -0.39 is 10.0 Å². The van der Waals surface area contributed by atoms with E-state index in [0.29, 0.717) is 24.6 Å². The molecule has 0 atom stereocenters. The molecule has 7 heteroatoms. The zero-order valence-corrected chi connectivity index (χ0v) is 12.6. The molecule has 5 nitrogen and oxygen atoms in total. The molecule has 20 heavy (non-hydrogen) atoms. The van der Waals surface area contributed by atoms with Crippen molar-refractivity contribution in [3.63, 3.8) is 0 Å². The molecule has 0 aliphatic heterocycles. The fourth-order valence-electron chi connectivity index (χ4n) is 1.60. The lowest BCUT2D eigenvalue weighted by molar-refractivity contribution is 0.340. The van der Waals surface area contributed by atoms with Gasteiger partial charge in [0, 0.05) is 17.1 Å². The predicted octanol–water partition coefficient (Wildman–Crippen LogP) is 2.41. The van der Waals surface area contributed by atoms with E-state index in [2.05, 4.69) is 4.72 Å². The van der Waals surface area contributed by atoms with Crippen molar-refractivity contribution in [2.45, 2.75) is 17.7 Å². The Balaban J connectivity index is 2.15. The monoisotopic (exact) mass is 312 g/mol. The molecule has 0 fully saturated rings. The van der Waals surface area contributed by atoms with Crippen molar-refractivity contribution in [2.24, 2.45) is 5.73 Å². The van der Waals surface area contributed by atoms with E-state index in [1.807, 2.05) is 6.92 Å². The molecule has 2 rings (SSSR count). The number of anilines is 1. The van der Waals surface area contributed by atoms with E-state index in [4.69, 9.17) is 10.5 Å². The van der Waals surface area contributed by atoms with Crippen molar-refractivity contribution in [3.05, 3.63) is 41.3 Å². The van der Waals surface area contributed by atoms with Gasteiger partial charge in [0.2, 0.25) is 0 Å². The minimum atomic E-state index is -3.56. The average molecular weight is 312 g/mol. The molecule has 0 saturated heterocycles. The molecule has 1 heterocycles. The highest BCUT2D eigenvalue weighted by molar-refractivity contribution is 7.94. The van der Waals surface area contributed by atoms with E-state index >= 15 is 0 Å². The third-order valence-corrected chi connectivity index (χ3v) is 5.50. The third kappa shape index (κ3) is 3.50. The first-order chi connectivity index (χ1) is 9.55. The number of thiophene rings is 1. The van der Waals surface area contributed by atoms with E-state index in [-0.39, 0.29) is 4.21 Å². The lowest BCUT2D eigenvalue weighted by Crippen LogP contribution is -2.11. The molecular formula is C13H16N2O3S2. The van der Waals surface area contributed by atoms with Crippen LogP contribution < -0.4 is 15.2 Å². The molecule has 0 saturated carbocycles. The molecule has 0 spiro atoms. The molecule has 3 N–H and O–H groups in total. The summed E-state index contributed by atoms with van der Waals surface area (Å²) in [4.78, 5) is 0.831. The summed E-state index contributed by atoms with van der Waals surface area (Å²) in [6, 6.07) is 10.1. The molecule has 0 aliphatic rings. The summed E-state index contributed by atoms with van der Waals surface area (Å²) < 4.78 is 32.4. The number of hydrogen-bond acceptors (Lipinski definition) is 5. The summed E-state index contributed by atoms with van der Waals surface area (Å²) in [6.45, 7) is 2.80. The summed E-state index contributed by atoms with van der Waals surface area (Å²) in [7, 11) is -3.56. The van der Waals surface area contributed by atoms with E-state index in [1.54, 1.807) is 36.4 Å². The van der Waals surface area contributed by atoms with Crippen LogP contribution in [0.25, 0.3) is 0 Å². The van der Waals surface area contributed by atoms with Crippen LogP contribution in [0, 0.1) is 0 Å². The standard InChI is InChI=1S/C13H16N2O3S2/c1-2-18-11-5-3-10(4-6-11)15-20(16,17)13-8-7-12(9-14)19-13/h3-8,15H,2,9,14H2,1H3. The number of rotatable bonds is 6. The fourth-order valence-corrected chi connectivity index (χ4v) is 3.90. The Morgan fingerprint density at radius 3 is 2.45 bits per heavy atom. The Kier molecular flexibility index (Phi) is 4.64. The quantitative estimate of drug-likeness (QED) is 0.858. The van der Waals surface area contributed by atoms with Crippen LogP contribution in [-0.2, 0) is 16.6 Å².